The van der Waals surface area contributed by atoms with Gasteiger partial charge in [0, 0.05) is 17.9 Å². The summed E-state index contributed by atoms with van der Waals surface area (Å²) in [5.74, 6) is 0. The fraction of sp³-hybridized carbons (Fsp3) is 0.727. The van der Waals surface area contributed by atoms with Crippen molar-refractivity contribution in [2.45, 2.75) is 43.9 Å². The minimum absolute atomic E-state index is 0.635. The Balaban J connectivity index is 2.93. The van der Waals surface area contributed by atoms with Crippen molar-refractivity contribution in [3.8, 4) is 0 Å². The molecule has 15 heavy (non-hydrogen) atoms. The molecule has 3 nitrogen and oxygen atoms in total. The van der Waals surface area contributed by atoms with E-state index < -0.39 is 0 Å². The van der Waals surface area contributed by atoms with E-state index in [1.165, 1.54) is 17.0 Å². The molecule has 86 valence electrons. The lowest BCUT2D eigenvalue weighted by Crippen LogP contribution is -2.05. The molecule has 0 radical (unpaired) electrons. The fourth-order valence-electron chi connectivity index (χ4n) is 1.53. The summed E-state index contributed by atoms with van der Waals surface area (Å²) in [7, 11) is 2.01. The third-order valence-corrected chi connectivity index (χ3v) is 4.04. The van der Waals surface area contributed by atoms with Gasteiger partial charge in [-0.25, -0.2) is 0 Å². The van der Waals surface area contributed by atoms with E-state index in [0.717, 1.165) is 12.1 Å². The van der Waals surface area contributed by atoms with Crippen molar-refractivity contribution in [1.82, 2.24) is 9.78 Å². The summed E-state index contributed by atoms with van der Waals surface area (Å²) in [6.07, 6.45) is 2.11. The highest BCUT2D eigenvalue weighted by molar-refractivity contribution is 7.99. The lowest BCUT2D eigenvalue weighted by atomic mass is 10.2. The van der Waals surface area contributed by atoms with Crippen molar-refractivity contribution in [2.24, 2.45) is 12.8 Å². The Morgan fingerprint density at radius 2 is 2.20 bits per heavy atom. The zero-order valence-corrected chi connectivity index (χ0v) is 10.9. The highest BCUT2D eigenvalue weighted by Crippen LogP contribution is 2.29. The lowest BCUT2D eigenvalue weighted by Gasteiger charge is -2.10. The standard InChI is InChI=1S/C11H21N3S/c1-5-8(2)15-11-10(6-7-12)9(3)13-14(11)4/h8H,5-7,12H2,1-4H3. The van der Waals surface area contributed by atoms with Gasteiger partial charge in [0.25, 0.3) is 0 Å². The minimum atomic E-state index is 0.635. The zero-order valence-electron chi connectivity index (χ0n) is 10.1. The summed E-state index contributed by atoms with van der Waals surface area (Å²) in [5, 5.41) is 6.38. The molecule has 0 fully saturated rings. The Bertz CT molecular complexity index is 320. The number of rotatable bonds is 5. The number of aromatic nitrogens is 2. The molecule has 0 aromatic carbocycles. The van der Waals surface area contributed by atoms with Crippen molar-refractivity contribution in [3.63, 3.8) is 0 Å². The van der Waals surface area contributed by atoms with Crippen LogP contribution in [0.5, 0.6) is 0 Å². The molecule has 0 bridgehead atoms. The second-order valence-corrected chi connectivity index (χ2v) is 5.30. The molecular formula is C11H21N3S. The molecule has 0 saturated heterocycles. The largest absolute Gasteiger partial charge is 0.330 e. The smallest absolute Gasteiger partial charge is 0.0974 e. The maximum absolute atomic E-state index is 5.62. The van der Waals surface area contributed by atoms with Gasteiger partial charge >= 0.3 is 0 Å². The highest BCUT2D eigenvalue weighted by Gasteiger charge is 2.14. The van der Waals surface area contributed by atoms with Gasteiger partial charge in [0.2, 0.25) is 0 Å². The molecular weight excluding hydrogens is 206 g/mol. The molecule has 1 atom stereocenters. The van der Waals surface area contributed by atoms with E-state index in [4.69, 9.17) is 5.73 Å². The number of aryl methyl sites for hydroxylation is 2. The van der Waals surface area contributed by atoms with Crippen LogP contribution in [0.1, 0.15) is 31.5 Å². The Morgan fingerprint density at radius 1 is 1.53 bits per heavy atom. The van der Waals surface area contributed by atoms with Crippen LogP contribution in [0.25, 0.3) is 0 Å². The number of nitrogens with two attached hydrogens (primary N) is 1. The van der Waals surface area contributed by atoms with E-state index in [2.05, 4.69) is 25.9 Å². The SMILES string of the molecule is CCC(C)Sc1c(CCN)c(C)nn1C. The van der Waals surface area contributed by atoms with Gasteiger partial charge in [-0.05, 0) is 26.3 Å². The molecule has 1 aromatic rings. The molecule has 4 heteroatoms. The van der Waals surface area contributed by atoms with Crippen molar-refractivity contribution < 1.29 is 0 Å². The molecule has 0 amide bonds. The second kappa shape index (κ2) is 5.56. The molecule has 0 spiro atoms. The molecule has 1 aromatic heterocycles. The van der Waals surface area contributed by atoms with E-state index in [1.807, 2.05) is 23.5 Å². The first-order chi connectivity index (χ1) is 7.10. The van der Waals surface area contributed by atoms with Crippen molar-refractivity contribution in [2.75, 3.05) is 6.54 Å². The Kier molecular flexibility index (Phi) is 4.67. The van der Waals surface area contributed by atoms with Gasteiger partial charge in [0.1, 0.15) is 0 Å². The Labute approximate surface area is 96.4 Å². The van der Waals surface area contributed by atoms with Crippen molar-refractivity contribution >= 4 is 11.8 Å². The van der Waals surface area contributed by atoms with Crippen LogP contribution in [-0.4, -0.2) is 21.6 Å². The van der Waals surface area contributed by atoms with Gasteiger partial charge in [-0.3, -0.25) is 4.68 Å². The second-order valence-electron chi connectivity index (χ2n) is 3.87. The predicted octanol–water partition coefficient (Wildman–Crippen LogP) is 2.12. The monoisotopic (exact) mass is 227 g/mol. The van der Waals surface area contributed by atoms with Gasteiger partial charge in [-0.1, -0.05) is 13.8 Å². The number of thioether (sulfide) groups is 1. The van der Waals surface area contributed by atoms with Crippen LogP contribution in [0, 0.1) is 6.92 Å². The number of hydrogen-bond donors (Lipinski definition) is 1. The van der Waals surface area contributed by atoms with Crippen LogP contribution in [0.4, 0.5) is 0 Å². The Morgan fingerprint density at radius 3 is 2.73 bits per heavy atom. The molecule has 1 rings (SSSR count). The molecule has 2 N–H and O–H groups in total. The molecule has 0 aliphatic carbocycles. The van der Waals surface area contributed by atoms with E-state index in [-0.39, 0.29) is 0 Å². The first-order valence-corrected chi connectivity index (χ1v) is 6.37. The average molecular weight is 227 g/mol. The van der Waals surface area contributed by atoms with Gasteiger partial charge in [0.05, 0.1) is 10.7 Å². The molecule has 0 aliphatic rings. The minimum Gasteiger partial charge on any atom is -0.330 e. The van der Waals surface area contributed by atoms with Crippen LogP contribution in [0.15, 0.2) is 5.03 Å². The van der Waals surface area contributed by atoms with Crippen LogP contribution >= 0.6 is 11.8 Å². The van der Waals surface area contributed by atoms with Crippen molar-refractivity contribution in [1.29, 1.82) is 0 Å². The highest BCUT2D eigenvalue weighted by atomic mass is 32.2. The average Bonchev–Trinajstić information content (AvgIpc) is 2.45. The summed E-state index contributed by atoms with van der Waals surface area (Å²) in [6.45, 7) is 7.22. The number of nitrogens with zero attached hydrogens (tertiary/aromatic N) is 2. The molecule has 1 unspecified atom stereocenters. The lowest BCUT2D eigenvalue weighted by molar-refractivity contribution is 0.685. The van der Waals surface area contributed by atoms with E-state index in [1.54, 1.807) is 0 Å². The zero-order chi connectivity index (χ0) is 11.4. The Hall–Kier alpha value is -0.480. The van der Waals surface area contributed by atoms with E-state index in [9.17, 15) is 0 Å². The van der Waals surface area contributed by atoms with E-state index >= 15 is 0 Å². The van der Waals surface area contributed by atoms with Gasteiger partial charge in [-0.15, -0.1) is 11.8 Å². The van der Waals surface area contributed by atoms with Crippen LogP contribution in [-0.2, 0) is 13.5 Å². The maximum Gasteiger partial charge on any atom is 0.0974 e. The normalized spacial score (nSPS) is 13.1. The summed E-state index contributed by atoms with van der Waals surface area (Å²) < 4.78 is 1.98. The fourth-order valence-corrected chi connectivity index (χ4v) is 2.67. The van der Waals surface area contributed by atoms with Crippen LogP contribution < -0.4 is 5.73 Å². The summed E-state index contributed by atoms with van der Waals surface area (Å²) in [4.78, 5) is 0. The van der Waals surface area contributed by atoms with Crippen LogP contribution in [0.2, 0.25) is 0 Å². The third-order valence-electron chi connectivity index (χ3n) is 2.57. The maximum atomic E-state index is 5.62. The van der Waals surface area contributed by atoms with Gasteiger partial charge < -0.3 is 5.73 Å². The quantitative estimate of drug-likeness (QED) is 0.784. The summed E-state index contributed by atoms with van der Waals surface area (Å²) in [6, 6.07) is 0. The third kappa shape index (κ3) is 2.98. The number of hydrogen-bond acceptors (Lipinski definition) is 3. The first kappa shape index (κ1) is 12.6. The molecule has 1 heterocycles. The summed E-state index contributed by atoms with van der Waals surface area (Å²) >= 11 is 1.90. The summed E-state index contributed by atoms with van der Waals surface area (Å²) in [5.41, 5.74) is 8.07. The van der Waals surface area contributed by atoms with Gasteiger partial charge in [-0.2, -0.15) is 5.10 Å². The predicted molar refractivity (Wildman–Crippen MR) is 66.3 cm³/mol. The van der Waals surface area contributed by atoms with Crippen LogP contribution in [0.3, 0.4) is 0 Å². The first-order valence-electron chi connectivity index (χ1n) is 5.49. The van der Waals surface area contributed by atoms with Gasteiger partial charge in [0.15, 0.2) is 0 Å². The molecule has 0 aliphatic heterocycles. The topological polar surface area (TPSA) is 43.8 Å². The van der Waals surface area contributed by atoms with E-state index in [0.29, 0.717) is 11.8 Å². The van der Waals surface area contributed by atoms with Crippen molar-refractivity contribution in [3.05, 3.63) is 11.3 Å². The molecule has 0 saturated carbocycles.